The van der Waals surface area contributed by atoms with Crippen molar-refractivity contribution in [2.45, 2.75) is 6.04 Å². The van der Waals surface area contributed by atoms with E-state index >= 15 is 0 Å². The van der Waals surface area contributed by atoms with E-state index in [-0.39, 0.29) is 17.8 Å². The summed E-state index contributed by atoms with van der Waals surface area (Å²) in [5.41, 5.74) is 1.02. The lowest BCUT2D eigenvalue weighted by Crippen LogP contribution is -2.21. The zero-order valence-electron chi connectivity index (χ0n) is 9.10. The molecule has 4 heteroatoms. The molecule has 0 bridgehead atoms. The molecule has 86 valence electrons. The van der Waals surface area contributed by atoms with Crippen molar-refractivity contribution in [2.24, 2.45) is 0 Å². The number of aromatic hydroxyl groups is 1. The molecule has 2 aromatic rings. The molecule has 4 nitrogen and oxygen atoms in total. The van der Waals surface area contributed by atoms with Crippen molar-refractivity contribution >= 4 is 16.8 Å². The van der Waals surface area contributed by atoms with E-state index in [2.05, 4.69) is 10.6 Å². The largest absolute Gasteiger partial charge is 0.507 e. The number of amides is 2. The van der Waals surface area contributed by atoms with Crippen LogP contribution >= 0.6 is 0 Å². The van der Waals surface area contributed by atoms with Crippen LogP contribution in [0, 0.1) is 0 Å². The number of hydrogen-bond acceptors (Lipinski definition) is 2. The summed E-state index contributed by atoms with van der Waals surface area (Å²) in [7, 11) is 0. The Morgan fingerprint density at radius 2 is 1.88 bits per heavy atom. The van der Waals surface area contributed by atoms with Gasteiger partial charge in [-0.05, 0) is 17.0 Å². The van der Waals surface area contributed by atoms with Gasteiger partial charge in [-0.15, -0.1) is 0 Å². The van der Waals surface area contributed by atoms with Gasteiger partial charge in [0.15, 0.2) is 0 Å². The minimum atomic E-state index is -0.146. The van der Waals surface area contributed by atoms with Gasteiger partial charge in [-0.25, -0.2) is 4.79 Å². The first-order valence-electron chi connectivity index (χ1n) is 5.50. The molecule has 17 heavy (non-hydrogen) atoms. The molecule has 1 atom stereocenters. The molecule has 0 unspecified atom stereocenters. The van der Waals surface area contributed by atoms with Gasteiger partial charge in [0.1, 0.15) is 5.75 Å². The van der Waals surface area contributed by atoms with Crippen molar-refractivity contribution in [1.29, 1.82) is 0 Å². The molecule has 0 saturated carbocycles. The zero-order chi connectivity index (χ0) is 11.8. The van der Waals surface area contributed by atoms with Gasteiger partial charge >= 0.3 is 6.03 Å². The maximum absolute atomic E-state index is 11.2. The lowest BCUT2D eigenvalue weighted by molar-refractivity contribution is 0.247. The number of carbonyl (C=O) groups is 1. The van der Waals surface area contributed by atoms with Gasteiger partial charge < -0.3 is 15.7 Å². The molecule has 3 rings (SSSR count). The Balaban J connectivity index is 2.17. The van der Waals surface area contributed by atoms with Gasteiger partial charge in [-0.1, -0.05) is 30.3 Å². The Morgan fingerprint density at radius 3 is 2.59 bits per heavy atom. The molecule has 0 radical (unpaired) electrons. The van der Waals surface area contributed by atoms with Crippen LogP contribution in [0.3, 0.4) is 0 Å². The Hall–Kier alpha value is -2.23. The number of phenols is 1. The fourth-order valence-corrected chi connectivity index (χ4v) is 2.25. The molecule has 2 amide bonds. The molecule has 0 spiro atoms. The second-order valence-electron chi connectivity index (χ2n) is 4.13. The number of urea groups is 1. The number of benzene rings is 2. The van der Waals surface area contributed by atoms with E-state index in [0.717, 1.165) is 16.3 Å². The molecule has 1 saturated heterocycles. The molecular weight excluding hydrogens is 216 g/mol. The van der Waals surface area contributed by atoms with Gasteiger partial charge in [0.25, 0.3) is 0 Å². The second kappa shape index (κ2) is 3.66. The monoisotopic (exact) mass is 228 g/mol. The molecule has 1 fully saturated rings. The summed E-state index contributed by atoms with van der Waals surface area (Å²) in [5, 5.41) is 17.2. The number of rotatable bonds is 1. The first kappa shape index (κ1) is 9.96. The van der Waals surface area contributed by atoms with E-state index in [1.165, 1.54) is 0 Å². The smallest absolute Gasteiger partial charge is 0.315 e. The van der Waals surface area contributed by atoms with E-state index in [9.17, 15) is 9.90 Å². The van der Waals surface area contributed by atoms with Crippen LogP contribution in [0.4, 0.5) is 4.79 Å². The van der Waals surface area contributed by atoms with E-state index in [4.69, 9.17) is 0 Å². The van der Waals surface area contributed by atoms with Crippen LogP contribution in [0.2, 0.25) is 0 Å². The number of carbonyl (C=O) groups excluding carboxylic acids is 1. The number of nitrogens with one attached hydrogen (secondary N) is 2. The van der Waals surface area contributed by atoms with Gasteiger partial charge in [-0.2, -0.15) is 0 Å². The minimum absolute atomic E-state index is 0.0343. The third-order valence-corrected chi connectivity index (χ3v) is 3.08. The van der Waals surface area contributed by atoms with Gasteiger partial charge in [0.2, 0.25) is 0 Å². The van der Waals surface area contributed by atoms with Crippen LogP contribution in [-0.4, -0.2) is 17.7 Å². The highest BCUT2D eigenvalue weighted by Gasteiger charge is 2.23. The maximum atomic E-state index is 11.2. The van der Waals surface area contributed by atoms with E-state index in [1.54, 1.807) is 6.07 Å². The SMILES string of the molecule is O=C1NC[C@H](c2ccc(O)c3ccccc23)N1. The van der Waals surface area contributed by atoms with E-state index < -0.39 is 0 Å². The Labute approximate surface area is 98.3 Å². The molecule has 1 aliphatic heterocycles. The summed E-state index contributed by atoms with van der Waals surface area (Å²) in [5.74, 6) is 0.265. The van der Waals surface area contributed by atoms with Crippen LogP contribution in [0.1, 0.15) is 11.6 Å². The summed E-state index contributed by atoms with van der Waals surface area (Å²) in [6.45, 7) is 0.577. The fourth-order valence-electron chi connectivity index (χ4n) is 2.25. The summed E-state index contributed by atoms with van der Waals surface area (Å²) in [6, 6.07) is 11.0. The van der Waals surface area contributed by atoms with Crippen LogP contribution in [0.15, 0.2) is 36.4 Å². The van der Waals surface area contributed by atoms with Crippen molar-refractivity contribution in [3.05, 3.63) is 42.0 Å². The zero-order valence-corrected chi connectivity index (χ0v) is 9.10. The predicted molar refractivity (Wildman–Crippen MR) is 64.9 cm³/mol. The summed E-state index contributed by atoms with van der Waals surface area (Å²) >= 11 is 0. The normalized spacial score (nSPS) is 19.1. The number of hydrogen-bond donors (Lipinski definition) is 3. The predicted octanol–water partition coefficient (Wildman–Crippen LogP) is 1.90. The Bertz CT molecular complexity index is 595. The average molecular weight is 228 g/mol. The molecule has 1 aliphatic rings. The number of fused-ring (bicyclic) bond motifs is 1. The highest BCUT2D eigenvalue weighted by Crippen LogP contribution is 2.31. The Morgan fingerprint density at radius 1 is 1.12 bits per heavy atom. The summed E-state index contributed by atoms with van der Waals surface area (Å²) in [6.07, 6.45) is 0. The molecule has 1 heterocycles. The van der Waals surface area contributed by atoms with Crippen LogP contribution in [0.5, 0.6) is 5.75 Å². The molecular formula is C13H12N2O2. The molecule has 0 aliphatic carbocycles. The molecule has 3 N–H and O–H groups in total. The van der Waals surface area contributed by atoms with E-state index in [0.29, 0.717) is 6.54 Å². The second-order valence-corrected chi connectivity index (χ2v) is 4.13. The lowest BCUT2D eigenvalue weighted by Gasteiger charge is -2.13. The number of phenolic OH excluding ortho intramolecular Hbond substituents is 1. The van der Waals surface area contributed by atoms with Crippen LogP contribution in [0.25, 0.3) is 10.8 Å². The van der Waals surface area contributed by atoms with Gasteiger partial charge in [-0.3, -0.25) is 0 Å². The van der Waals surface area contributed by atoms with Crippen LogP contribution < -0.4 is 10.6 Å². The summed E-state index contributed by atoms with van der Waals surface area (Å²) < 4.78 is 0. The van der Waals surface area contributed by atoms with Crippen molar-refractivity contribution in [3.8, 4) is 5.75 Å². The van der Waals surface area contributed by atoms with Crippen molar-refractivity contribution in [3.63, 3.8) is 0 Å². The van der Waals surface area contributed by atoms with Crippen molar-refractivity contribution in [1.82, 2.24) is 10.6 Å². The highest BCUT2D eigenvalue weighted by molar-refractivity contribution is 5.92. The van der Waals surface area contributed by atoms with E-state index in [1.807, 2.05) is 30.3 Å². The summed E-state index contributed by atoms with van der Waals surface area (Å²) in [4.78, 5) is 11.2. The van der Waals surface area contributed by atoms with Gasteiger partial charge in [0.05, 0.1) is 6.04 Å². The third-order valence-electron chi connectivity index (χ3n) is 3.08. The standard InChI is InChI=1S/C13H12N2O2/c16-12-6-5-9(11-7-14-13(17)15-11)8-3-1-2-4-10(8)12/h1-6,11,16H,7H2,(H2,14,15,17)/t11-/m1/s1. The minimum Gasteiger partial charge on any atom is -0.507 e. The third kappa shape index (κ3) is 1.58. The fraction of sp³-hybridized carbons (Fsp3) is 0.154. The average Bonchev–Trinajstić information content (AvgIpc) is 2.77. The topological polar surface area (TPSA) is 61.4 Å². The molecule has 0 aromatic heterocycles. The maximum Gasteiger partial charge on any atom is 0.315 e. The first-order chi connectivity index (χ1) is 8.25. The first-order valence-corrected chi connectivity index (χ1v) is 5.50. The van der Waals surface area contributed by atoms with Crippen molar-refractivity contribution < 1.29 is 9.90 Å². The highest BCUT2D eigenvalue weighted by atomic mass is 16.3. The van der Waals surface area contributed by atoms with Gasteiger partial charge in [0, 0.05) is 11.9 Å². The quantitative estimate of drug-likeness (QED) is 0.698. The van der Waals surface area contributed by atoms with Crippen LogP contribution in [-0.2, 0) is 0 Å². The van der Waals surface area contributed by atoms with Crippen molar-refractivity contribution in [2.75, 3.05) is 6.54 Å². The lowest BCUT2D eigenvalue weighted by atomic mass is 9.98. The molecule has 2 aromatic carbocycles. The Kier molecular flexibility index (Phi) is 2.14.